The highest BCUT2D eigenvalue weighted by atomic mass is 16.5. The Hall–Kier alpha value is -3.72. The van der Waals surface area contributed by atoms with Gasteiger partial charge in [0.25, 0.3) is 11.7 Å². The number of amides is 1. The van der Waals surface area contributed by atoms with Gasteiger partial charge in [0.05, 0.1) is 45.7 Å². The second-order valence-electron chi connectivity index (χ2n) is 8.65. The van der Waals surface area contributed by atoms with Crippen LogP contribution in [0.2, 0.25) is 0 Å². The third kappa shape index (κ3) is 5.83. The molecule has 0 spiro atoms. The van der Waals surface area contributed by atoms with E-state index in [9.17, 15) is 14.7 Å². The summed E-state index contributed by atoms with van der Waals surface area (Å²) in [5.41, 5.74) is 0.714. The third-order valence-electron chi connectivity index (χ3n) is 6.00. The van der Waals surface area contributed by atoms with Crippen LogP contribution in [0, 0.1) is 0 Å². The molecule has 0 aromatic heterocycles. The van der Waals surface area contributed by atoms with Crippen molar-refractivity contribution in [2.45, 2.75) is 39.3 Å². The van der Waals surface area contributed by atoms with Gasteiger partial charge in [0, 0.05) is 13.2 Å². The fourth-order valence-corrected chi connectivity index (χ4v) is 4.36. The Kier molecular flexibility index (Phi) is 9.41. The van der Waals surface area contributed by atoms with Gasteiger partial charge >= 0.3 is 0 Å². The van der Waals surface area contributed by atoms with E-state index in [2.05, 4.69) is 0 Å². The van der Waals surface area contributed by atoms with Gasteiger partial charge in [-0.05, 0) is 57.0 Å². The molecule has 1 atom stereocenters. The van der Waals surface area contributed by atoms with Gasteiger partial charge in [0.15, 0.2) is 11.5 Å². The van der Waals surface area contributed by atoms with E-state index < -0.39 is 17.7 Å². The summed E-state index contributed by atoms with van der Waals surface area (Å²) in [6.45, 7) is 6.77. The van der Waals surface area contributed by atoms with Crippen LogP contribution in [0.3, 0.4) is 0 Å². The molecule has 9 heteroatoms. The predicted octanol–water partition coefficient (Wildman–Crippen LogP) is 4.35. The fraction of sp³-hybridized carbons (Fsp3) is 0.429. The number of ether oxygens (including phenoxy) is 5. The van der Waals surface area contributed by atoms with Crippen LogP contribution < -0.4 is 18.9 Å². The zero-order chi connectivity index (χ0) is 27.1. The van der Waals surface area contributed by atoms with Crippen LogP contribution >= 0.6 is 0 Å². The molecule has 0 saturated carbocycles. The largest absolute Gasteiger partial charge is 0.506 e. The first-order valence-corrected chi connectivity index (χ1v) is 12.2. The highest BCUT2D eigenvalue weighted by Crippen LogP contribution is 2.44. The molecule has 1 amide bonds. The number of ketones is 1. The third-order valence-corrected chi connectivity index (χ3v) is 6.00. The summed E-state index contributed by atoms with van der Waals surface area (Å²) in [5.74, 6) is -0.306. The van der Waals surface area contributed by atoms with Crippen molar-refractivity contribution in [3.05, 3.63) is 53.1 Å². The highest BCUT2D eigenvalue weighted by molar-refractivity contribution is 6.46. The zero-order valence-electron chi connectivity index (χ0n) is 22.2. The van der Waals surface area contributed by atoms with Crippen LogP contribution in [0.1, 0.15) is 44.4 Å². The lowest BCUT2D eigenvalue weighted by Crippen LogP contribution is -2.31. The number of hydrogen-bond acceptors (Lipinski definition) is 8. The van der Waals surface area contributed by atoms with Crippen molar-refractivity contribution in [2.24, 2.45) is 0 Å². The second kappa shape index (κ2) is 12.5. The summed E-state index contributed by atoms with van der Waals surface area (Å²) in [5, 5.41) is 11.5. The SMILES string of the molecule is CCOc1cc(C2/C(=C(\O)c3c(OC)cccc3OC)C(=O)C(=O)N2CCCOC(C)C)ccc1OC. The lowest BCUT2D eigenvalue weighted by Gasteiger charge is -2.26. The second-order valence-corrected chi connectivity index (χ2v) is 8.65. The number of benzene rings is 2. The van der Waals surface area contributed by atoms with E-state index in [1.165, 1.54) is 26.2 Å². The maximum atomic E-state index is 13.4. The molecule has 1 saturated heterocycles. The van der Waals surface area contributed by atoms with E-state index in [4.69, 9.17) is 23.7 Å². The number of carbonyl (C=O) groups excluding carboxylic acids is 2. The number of methoxy groups -OCH3 is 3. The minimum atomic E-state index is -0.876. The number of Topliss-reactive ketones (excluding diaryl/α,β-unsaturated/α-hetero) is 1. The molecule has 9 nitrogen and oxygen atoms in total. The zero-order valence-corrected chi connectivity index (χ0v) is 22.2. The van der Waals surface area contributed by atoms with Crippen LogP contribution in [0.4, 0.5) is 0 Å². The normalized spacial score (nSPS) is 16.8. The van der Waals surface area contributed by atoms with Crippen molar-refractivity contribution in [1.82, 2.24) is 4.90 Å². The molecule has 1 fully saturated rings. The number of aliphatic hydroxyl groups excluding tert-OH is 1. The molecule has 3 rings (SSSR count). The van der Waals surface area contributed by atoms with Crippen molar-refractivity contribution in [1.29, 1.82) is 0 Å². The van der Waals surface area contributed by atoms with Crippen LogP contribution in [-0.2, 0) is 14.3 Å². The Balaban J connectivity index is 2.20. The van der Waals surface area contributed by atoms with Crippen molar-refractivity contribution < 1.29 is 38.4 Å². The van der Waals surface area contributed by atoms with Gasteiger partial charge in [0.1, 0.15) is 22.8 Å². The molecular formula is C28H35NO8. The Morgan fingerprint density at radius 2 is 1.62 bits per heavy atom. The summed E-state index contributed by atoms with van der Waals surface area (Å²) in [7, 11) is 4.44. The number of carbonyl (C=O) groups is 2. The van der Waals surface area contributed by atoms with Crippen LogP contribution in [0.15, 0.2) is 42.0 Å². The Labute approximate surface area is 217 Å². The Bertz CT molecular complexity index is 1130. The molecule has 1 aliphatic rings. The monoisotopic (exact) mass is 513 g/mol. The molecule has 2 aromatic carbocycles. The van der Waals surface area contributed by atoms with Gasteiger partial charge in [-0.1, -0.05) is 12.1 Å². The first kappa shape index (κ1) is 27.9. The molecule has 200 valence electrons. The van der Waals surface area contributed by atoms with Gasteiger partial charge in [0.2, 0.25) is 0 Å². The summed E-state index contributed by atoms with van der Waals surface area (Å²) in [6.07, 6.45) is 0.549. The molecule has 0 aliphatic carbocycles. The van der Waals surface area contributed by atoms with E-state index >= 15 is 0 Å². The van der Waals surface area contributed by atoms with E-state index in [0.29, 0.717) is 48.2 Å². The Morgan fingerprint density at radius 3 is 2.19 bits per heavy atom. The van der Waals surface area contributed by atoms with Gasteiger partial charge < -0.3 is 33.7 Å². The molecule has 1 aliphatic heterocycles. The van der Waals surface area contributed by atoms with Crippen molar-refractivity contribution in [3.63, 3.8) is 0 Å². The number of nitrogens with zero attached hydrogens (tertiary/aromatic N) is 1. The van der Waals surface area contributed by atoms with E-state index in [0.717, 1.165) is 0 Å². The molecule has 1 unspecified atom stereocenters. The molecule has 1 N–H and O–H groups in total. The van der Waals surface area contributed by atoms with Crippen molar-refractivity contribution in [3.8, 4) is 23.0 Å². The van der Waals surface area contributed by atoms with Crippen molar-refractivity contribution >= 4 is 17.4 Å². The highest BCUT2D eigenvalue weighted by Gasteiger charge is 2.46. The summed E-state index contributed by atoms with van der Waals surface area (Å²) in [4.78, 5) is 28.1. The average Bonchev–Trinajstić information content (AvgIpc) is 3.15. The first-order chi connectivity index (χ1) is 17.8. The number of aliphatic hydroxyl groups is 1. The van der Waals surface area contributed by atoms with Crippen LogP contribution in [0.5, 0.6) is 23.0 Å². The number of likely N-dealkylation sites (tertiary alicyclic amines) is 1. The molecule has 0 bridgehead atoms. The van der Waals surface area contributed by atoms with E-state index in [1.54, 1.807) is 36.4 Å². The molecule has 37 heavy (non-hydrogen) atoms. The summed E-state index contributed by atoms with van der Waals surface area (Å²) >= 11 is 0. The van der Waals surface area contributed by atoms with Gasteiger partial charge in [-0.2, -0.15) is 0 Å². The topological polar surface area (TPSA) is 104 Å². The minimum Gasteiger partial charge on any atom is -0.506 e. The van der Waals surface area contributed by atoms with Crippen molar-refractivity contribution in [2.75, 3.05) is 41.1 Å². The lowest BCUT2D eigenvalue weighted by molar-refractivity contribution is -0.140. The van der Waals surface area contributed by atoms with Gasteiger partial charge in [-0.3, -0.25) is 9.59 Å². The predicted molar refractivity (Wildman–Crippen MR) is 138 cm³/mol. The fourth-order valence-electron chi connectivity index (χ4n) is 4.36. The van der Waals surface area contributed by atoms with Gasteiger partial charge in [-0.25, -0.2) is 0 Å². The summed E-state index contributed by atoms with van der Waals surface area (Å²) in [6, 6.07) is 9.31. The Morgan fingerprint density at radius 1 is 0.973 bits per heavy atom. The first-order valence-electron chi connectivity index (χ1n) is 12.2. The lowest BCUT2D eigenvalue weighted by atomic mass is 9.94. The number of hydrogen-bond donors (Lipinski definition) is 1. The van der Waals surface area contributed by atoms with Crippen LogP contribution in [0.25, 0.3) is 5.76 Å². The van der Waals surface area contributed by atoms with Crippen LogP contribution in [-0.4, -0.2) is 68.9 Å². The minimum absolute atomic E-state index is 0.0413. The molecular weight excluding hydrogens is 478 g/mol. The quantitative estimate of drug-likeness (QED) is 0.193. The smallest absolute Gasteiger partial charge is 0.295 e. The standard InChI is InChI=1S/C28H35NO8/c1-7-36-22-16-18(12-13-19(22)33-4)25-24(26(30)23-20(34-5)10-8-11-21(23)35-6)27(31)28(32)29(25)14-9-15-37-17(2)3/h8,10-13,16-17,25,30H,7,9,14-15H2,1-6H3/b26-24+. The number of rotatable bonds is 12. The molecule has 2 aromatic rings. The van der Waals surface area contributed by atoms with E-state index in [1.807, 2.05) is 20.8 Å². The maximum Gasteiger partial charge on any atom is 0.295 e. The summed E-state index contributed by atoms with van der Waals surface area (Å²) < 4.78 is 27.7. The van der Waals surface area contributed by atoms with Gasteiger partial charge in [-0.15, -0.1) is 0 Å². The maximum absolute atomic E-state index is 13.4. The average molecular weight is 514 g/mol. The molecule has 0 radical (unpaired) electrons. The molecule has 1 heterocycles. The van der Waals surface area contributed by atoms with E-state index in [-0.39, 0.29) is 29.5 Å².